The first-order valence-electron chi connectivity index (χ1n) is 7.26. The van der Waals surface area contributed by atoms with E-state index in [9.17, 15) is 0 Å². The lowest BCUT2D eigenvalue weighted by Gasteiger charge is -2.32. The SMILES string of the molecule is CCC1CN(C)CC/C1=N/N1CCC[C@H]1COC. The fourth-order valence-electron chi connectivity index (χ4n) is 3.06. The molecule has 1 unspecified atom stereocenters. The molecule has 0 radical (unpaired) electrons. The average molecular weight is 253 g/mol. The third-order valence-electron chi connectivity index (χ3n) is 4.21. The van der Waals surface area contributed by atoms with Crippen LogP contribution in [-0.4, -0.2) is 62.1 Å². The molecule has 0 aromatic rings. The zero-order valence-electron chi connectivity index (χ0n) is 12.1. The molecule has 0 amide bonds. The second-order valence-corrected chi connectivity index (χ2v) is 5.62. The van der Waals surface area contributed by atoms with Gasteiger partial charge in [0.1, 0.15) is 0 Å². The zero-order valence-corrected chi connectivity index (χ0v) is 12.1. The Bertz CT molecular complexity index is 293. The first-order valence-corrected chi connectivity index (χ1v) is 7.26. The number of methoxy groups -OCH3 is 1. The van der Waals surface area contributed by atoms with Crippen LogP contribution >= 0.6 is 0 Å². The average Bonchev–Trinajstić information content (AvgIpc) is 2.79. The lowest BCUT2D eigenvalue weighted by molar-refractivity contribution is 0.116. The lowest BCUT2D eigenvalue weighted by Crippen LogP contribution is -2.40. The van der Waals surface area contributed by atoms with Gasteiger partial charge in [-0.1, -0.05) is 6.92 Å². The van der Waals surface area contributed by atoms with E-state index in [1.165, 1.54) is 25.0 Å². The summed E-state index contributed by atoms with van der Waals surface area (Å²) in [6.45, 7) is 6.50. The first-order chi connectivity index (χ1) is 8.74. The van der Waals surface area contributed by atoms with E-state index in [1.807, 2.05) is 0 Å². The highest BCUT2D eigenvalue weighted by molar-refractivity contribution is 5.87. The molecule has 0 N–H and O–H groups in total. The number of rotatable bonds is 4. The predicted molar refractivity (Wildman–Crippen MR) is 74.9 cm³/mol. The number of hydrazone groups is 1. The van der Waals surface area contributed by atoms with Crippen molar-refractivity contribution in [3.8, 4) is 0 Å². The molecular weight excluding hydrogens is 226 g/mol. The molecule has 104 valence electrons. The standard InChI is InChI=1S/C14H27N3O/c1-4-12-10-16(2)9-7-14(12)15-17-8-5-6-13(17)11-18-3/h12-13H,4-11H2,1-3H3/b15-14-/t12?,13-/m0/s1. The Balaban J connectivity index is 2.01. The summed E-state index contributed by atoms with van der Waals surface area (Å²) in [5, 5.41) is 7.25. The lowest BCUT2D eigenvalue weighted by atomic mass is 9.93. The molecule has 0 aromatic carbocycles. The fourth-order valence-corrected chi connectivity index (χ4v) is 3.06. The summed E-state index contributed by atoms with van der Waals surface area (Å²) in [6.07, 6.45) is 4.81. The molecule has 2 heterocycles. The van der Waals surface area contributed by atoms with Gasteiger partial charge in [-0.3, -0.25) is 5.01 Å². The van der Waals surface area contributed by atoms with E-state index in [-0.39, 0.29) is 0 Å². The smallest absolute Gasteiger partial charge is 0.0704 e. The number of piperidine rings is 1. The van der Waals surface area contributed by atoms with Crippen molar-refractivity contribution >= 4 is 5.71 Å². The number of hydrogen-bond donors (Lipinski definition) is 0. The summed E-state index contributed by atoms with van der Waals surface area (Å²) >= 11 is 0. The van der Waals surface area contributed by atoms with E-state index in [1.54, 1.807) is 7.11 Å². The molecule has 0 spiro atoms. The van der Waals surface area contributed by atoms with Gasteiger partial charge in [0, 0.05) is 44.8 Å². The van der Waals surface area contributed by atoms with Crippen LogP contribution in [0, 0.1) is 5.92 Å². The molecule has 2 atom stereocenters. The van der Waals surface area contributed by atoms with E-state index >= 15 is 0 Å². The number of nitrogens with zero attached hydrogens (tertiary/aromatic N) is 3. The first kappa shape index (κ1) is 13.8. The van der Waals surface area contributed by atoms with Gasteiger partial charge in [-0.15, -0.1) is 0 Å². The third kappa shape index (κ3) is 3.23. The highest BCUT2D eigenvalue weighted by Crippen LogP contribution is 2.22. The van der Waals surface area contributed by atoms with Crippen LogP contribution in [0.25, 0.3) is 0 Å². The minimum atomic E-state index is 0.500. The Hall–Kier alpha value is -0.610. The quantitative estimate of drug-likeness (QED) is 0.765. The maximum atomic E-state index is 5.30. The van der Waals surface area contributed by atoms with Crippen LogP contribution in [0.4, 0.5) is 0 Å². The summed E-state index contributed by atoms with van der Waals surface area (Å²) < 4.78 is 5.30. The van der Waals surface area contributed by atoms with Gasteiger partial charge in [0.25, 0.3) is 0 Å². The Labute approximate surface area is 111 Å². The topological polar surface area (TPSA) is 28.1 Å². The number of hydrogen-bond acceptors (Lipinski definition) is 4. The molecule has 2 rings (SSSR count). The highest BCUT2D eigenvalue weighted by atomic mass is 16.5. The number of likely N-dealkylation sites (tertiary alicyclic amines) is 1. The second kappa shape index (κ2) is 6.53. The van der Waals surface area contributed by atoms with Crippen LogP contribution in [0.5, 0.6) is 0 Å². The van der Waals surface area contributed by atoms with Gasteiger partial charge in [-0.25, -0.2) is 0 Å². The van der Waals surface area contributed by atoms with E-state index in [0.29, 0.717) is 12.0 Å². The van der Waals surface area contributed by atoms with E-state index in [2.05, 4.69) is 23.9 Å². The van der Waals surface area contributed by atoms with Crippen molar-refractivity contribution < 1.29 is 4.74 Å². The minimum absolute atomic E-state index is 0.500. The maximum absolute atomic E-state index is 5.30. The summed E-state index contributed by atoms with van der Waals surface area (Å²) in [6, 6.07) is 0.500. The van der Waals surface area contributed by atoms with Crippen LogP contribution in [0.2, 0.25) is 0 Å². The van der Waals surface area contributed by atoms with Crippen molar-refractivity contribution in [2.45, 2.75) is 38.6 Å². The van der Waals surface area contributed by atoms with Crippen LogP contribution in [0.3, 0.4) is 0 Å². The fraction of sp³-hybridized carbons (Fsp3) is 0.929. The van der Waals surface area contributed by atoms with Gasteiger partial charge in [0.2, 0.25) is 0 Å². The van der Waals surface area contributed by atoms with Gasteiger partial charge >= 0.3 is 0 Å². The van der Waals surface area contributed by atoms with Gasteiger partial charge < -0.3 is 9.64 Å². The Morgan fingerprint density at radius 3 is 2.94 bits per heavy atom. The van der Waals surface area contributed by atoms with E-state index in [0.717, 1.165) is 32.7 Å². The van der Waals surface area contributed by atoms with Gasteiger partial charge in [-0.2, -0.15) is 5.10 Å². The molecule has 0 aliphatic carbocycles. The van der Waals surface area contributed by atoms with Gasteiger partial charge in [0.05, 0.1) is 12.6 Å². The molecule has 0 aromatic heterocycles. The molecule has 2 aliphatic heterocycles. The zero-order chi connectivity index (χ0) is 13.0. The van der Waals surface area contributed by atoms with Crippen LogP contribution in [0.15, 0.2) is 5.10 Å². The van der Waals surface area contributed by atoms with Crippen LogP contribution < -0.4 is 0 Å². The van der Waals surface area contributed by atoms with Crippen molar-refractivity contribution in [3.63, 3.8) is 0 Å². The molecule has 4 nitrogen and oxygen atoms in total. The van der Waals surface area contributed by atoms with Crippen molar-refractivity contribution in [2.24, 2.45) is 11.0 Å². The van der Waals surface area contributed by atoms with Crippen molar-refractivity contribution in [1.29, 1.82) is 0 Å². The predicted octanol–water partition coefficient (Wildman–Crippen LogP) is 1.81. The summed E-state index contributed by atoms with van der Waals surface area (Å²) in [5.41, 5.74) is 1.42. The van der Waals surface area contributed by atoms with Crippen molar-refractivity contribution in [3.05, 3.63) is 0 Å². The summed E-state index contributed by atoms with van der Waals surface area (Å²) in [4.78, 5) is 2.42. The van der Waals surface area contributed by atoms with Crippen molar-refractivity contribution in [1.82, 2.24) is 9.91 Å². The molecule has 18 heavy (non-hydrogen) atoms. The molecular formula is C14H27N3O. The Morgan fingerprint density at radius 1 is 1.39 bits per heavy atom. The largest absolute Gasteiger partial charge is 0.382 e. The molecule has 2 saturated heterocycles. The monoisotopic (exact) mass is 253 g/mol. The molecule has 0 bridgehead atoms. The van der Waals surface area contributed by atoms with Gasteiger partial charge in [0.15, 0.2) is 0 Å². The second-order valence-electron chi connectivity index (χ2n) is 5.62. The van der Waals surface area contributed by atoms with Crippen LogP contribution in [-0.2, 0) is 4.74 Å². The minimum Gasteiger partial charge on any atom is -0.382 e. The molecule has 0 saturated carbocycles. The summed E-state index contributed by atoms with van der Waals surface area (Å²) in [7, 11) is 4.00. The van der Waals surface area contributed by atoms with E-state index in [4.69, 9.17) is 9.84 Å². The molecule has 2 fully saturated rings. The maximum Gasteiger partial charge on any atom is 0.0704 e. The summed E-state index contributed by atoms with van der Waals surface area (Å²) in [5.74, 6) is 0.646. The van der Waals surface area contributed by atoms with E-state index < -0.39 is 0 Å². The third-order valence-corrected chi connectivity index (χ3v) is 4.21. The van der Waals surface area contributed by atoms with Gasteiger partial charge in [-0.05, 0) is 26.3 Å². The molecule has 4 heteroatoms. The van der Waals surface area contributed by atoms with Crippen LogP contribution in [0.1, 0.15) is 32.6 Å². The molecule has 2 aliphatic rings. The Kier molecular flexibility index (Phi) is 5.01. The van der Waals surface area contributed by atoms with Crippen molar-refractivity contribution in [2.75, 3.05) is 40.4 Å². The highest BCUT2D eigenvalue weighted by Gasteiger charge is 2.27. The number of ether oxygens (including phenoxy) is 1. The Morgan fingerprint density at radius 2 is 2.22 bits per heavy atom. The normalized spacial score (nSPS) is 32.4.